The van der Waals surface area contributed by atoms with Crippen LogP contribution in [0.15, 0.2) is 12.2 Å². The van der Waals surface area contributed by atoms with Crippen LogP contribution in [0, 0.1) is 0 Å². The van der Waals surface area contributed by atoms with E-state index in [0.29, 0.717) is 19.4 Å². The number of ether oxygens (including phenoxy) is 1. The molecule has 3 N–H and O–H groups in total. The first-order chi connectivity index (χ1) is 32.5. The molecule has 1 amide bonds. The van der Waals surface area contributed by atoms with Crippen LogP contribution in [-0.2, 0) is 14.3 Å². The van der Waals surface area contributed by atoms with Gasteiger partial charge in [-0.3, -0.25) is 9.59 Å². The van der Waals surface area contributed by atoms with Gasteiger partial charge in [0.1, 0.15) is 0 Å². The van der Waals surface area contributed by atoms with Crippen LogP contribution in [0.1, 0.15) is 335 Å². The highest BCUT2D eigenvalue weighted by molar-refractivity contribution is 5.76. The molecule has 0 aromatic carbocycles. The lowest BCUT2D eigenvalue weighted by molar-refractivity contribution is -0.143. The second-order valence-electron chi connectivity index (χ2n) is 20.7. The lowest BCUT2D eigenvalue weighted by atomic mass is 10.0. The highest BCUT2D eigenvalue weighted by atomic mass is 16.5. The average molecular weight is 933 g/mol. The molecule has 6 nitrogen and oxygen atoms in total. The topological polar surface area (TPSA) is 95.9 Å². The quantitative estimate of drug-likeness (QED) is 0.0321. The smallest absolute Gasteiger partial charge is 0.305 e. The number of aliphatic hydroxyl groups excluding tert-OH is 2. The minimum absolute atomic E-state index is 0.00587. The maximum atomic E-state index is 12.5. The zero-order valence-corrected chi connectivity index (χ0v) is 44.7. The summed E-state index contributed by atoms with van der Waals surface area (Å²) in [6, 6.07) is -0.631. The fourth-order valence-corrected chi connectivity index (χ4v) is 9.46. The summed E-state index contributed by atoms with van der Waals surface area (Å²) in [5, 5.41) is 23.2. The van der Waals surface area contributed by atoms with E-state index in [2.05, 4.69) is 19.2 Å². The lowest BCUT2D eigenvalue weighted by Crippen LogP contribution is -2.45. The molecule has 0 aliphatic heterocycles. The maximum absolute atomic E-state index is 12.5. The fraction of sp³-hybridized carbons (Fsp3) is 0.933. The van der Waals surface area contributed by atoms with Crippen molar-refractivity contribution in [2.75, 3.05) is 13.2 Å². The molecule has 0 heterocycles. The molecular weight excluding hydrogens is 815 g/mol. The van der Waals surface area contributed by atoms with E-state index in [1.165, 1.54) is 263 Å². The van der Waals surface area contributed by atoms with Gasteiger partial charge in [-0.1, -0.05) is 302 Å². The number of carbonyl (C=O) groups excluding carboxylic acids is 2. The number of unbranched alkanes of at least 4 members (excludes halogenated alkanes) is 45. The molecular formula is C60H117NO5. The first-order valence-electron chi connectivity index (χ1n) is 30.0. The number of hydrogen-bond acceptors (Lipinski definition) is 5. The van der Waals surface area contributed by atoms with Crippen molar-refractivity contribution in [3.63, 3.8) is 0 Å². The summed E-state index contributed by atoms with van der Waals surface area (Å²) in [6.45, 7) is 4.92. The number of rotatable bonds is 56. The molecule has 66 heavy (non-hydrogen) atoms. The van der Waals surface area contributed by atoms with Crippen molar-refractivity contribution in [3.8, 4) is 0 Å². The first-order valence-corrected chi connectivity index (χ1v) is 30.0. The lowest BCUT2D eigenvalue weighted by Gasteiger charge is -2.20. The van der Waals surface area contributed by atoms with Gasteiger partial charge in [0, 0.05) is 12.8 Å². The molecule has 2 unspecified atom stereocenters. The molecule has 0 saturated heterocycles. The maximum Gasteiger partial charge on any atom is 0.305 e. The van der Waals surface area contributed by atoms with Crippen molar-refractivity contribution >= 4 is 11.9 Å². The third-order valence-electron chi connectivity index (χ3n) is 14.1. The Balaban J connectivity index is 3.45. The number of esters is 1. The zero-order chi connectivity index (χ0) is 47.9. The van der Waals surface area contributed by atoms with Gasteiger partial charge >= 0.3 is 5.97 Å². The summed E-state index contributed by atoms with van der Waals surface area (Å²) in [6.07, 6.45) is 66.6. The van der Waals surface area contributed by atoms with E-state index in [1.54, 1.807) is 6.08 Å². The van der Waals surface area contributed by atoms with Gasteiger partial charge in [-0.15, -0.1) is 0 Å². The minimum Gasteiger partial charge on any atom is -0.466 e. The Hall–Kier alpha value is -1.40. The standard InChI is InChI=1S/C60H117NO5/c1-3-5-7-9-11-13-15-17-18-19-20-21-23-26-29-32-36-40-44-48-52-58(63)57(56-62)61-59(64)53-49-45-41-37-33-30-27-24-22-25-28-31-35-39-43-47-51-55-66-60(65)54-50-46-42-38-34-16-14-12-10-8-6-4-2/h48,52,57-58,62-63H,3-47,49-51,53-56H2,1-2H3,(H,61,64)/b52-48+. The fourth-order valence-electron chi connectivity index (χ4n) is 9.46. The van der Waals surface area contributed by atoms with Crippen LogP contribution in [0.2, 0.25) is 0 Å². The molecule has 0 bridgehead atoms. The largest absolute Gasteiger partial charge is 0.466 e. The molecule has 0 fully saturated rings. The Labute approximate surface area is 412 Å². The van der Waals surface area contributed by atoms with Crippen molar-refractivity contribution < 1.29 is 24.5 Å². The van der Waals surface area contributed by atoms with Gasteiger partial charge < -0.3 is 20.3 Å². The van der Waals surface area contributed by atoms with Crippen LogP contribution in [0.25, 0.3) is 0 Å². The summed E-state index contributed by atoms with van der Waals surface area (Å²) in [7, 11) is 0. The van der Waals surface area contributed by atoms with Crippen molar-refractivity contribution in [1.82, 2.24) is 5.32 Å². The Morgan fingerprint density at radius 3 is 1.03 bits per heavy atom. The normalized spacial score (nSPS) is 12.6. The van der Waals surface area contributed by atoms with Gasteiger partial charge in [0.2, 0.25) is 5.91 Å². The Morgan fingerprint density at radius 2 is 0.697 bits per heavy atom. The van der Waals surface area contributed by atoms with Gasteiger partial charge in [0.05, 0.1) is 25.4 Å². The summed E-state index contributed by atoms with van der Waals surface area (Å²) in [5.41, 5.74) is 0. The van der Waals surface area contributed by atoms with Crippen molar-refractivity contribution in [2.24, 2.45) is 0 Å². The molecule has 0 rings (SSSR count). The van der Waals surface area contributed by atoms with E-state index >= 15 is 0 Å². The van der Waals surface area contributed by atoms with E-state index in [-0.39, 0.29) is 18.5 Å². The number of amides is 1. The number of allylic oxidation sites excluding steroid dienone is 1. The zero-order valence-electron chi connectivity index (χ0n) is 44.7. The Morgan fingerprint density at radius 1 is 0.409 bits per heavy atom. The number of aliphatic hydroxyl groups is 2. The number of hydrogen-bond donors (Lipinski definition) is 3. The summed E-state index contributed by atoms with van der Waals surface area (Å²) in [4.78, 5) is 24.5. The highest BCUT2D eigenvalue weighted by Gasteiger charge is 2.18. The molecule has 0 aliphatic rings. The number of carbonyl (C=O) groups is 2. The third-order valence-corrected chi connectivity index (χ3v) is 14.1. The van der Waals surface area contributed by atoms with Crippen molar-refractivity contribution in [3.05, 3.63) is 12.2 Å². The van der Waals surface area contributed by atoms with Crippen LogP contribution in [-0.4, -0.2) is 47.4 Å². The first kappa shape index (κ1) is 64.6. The van der Waals surface area contributed by atoms with E-state index in [9.17, 15) is 19.8 Å². The average Bonchev–Trinajstić information content (AvgIpc) is 3.32. The van der Waals surface area contributed by atoms with Gasteiger partial charge in [-0.05, 0) is 32.1 Å². The Kier molecular flexibility index (Phi) is 55.0. The molecule has 0 saturated carbocycles. The second kappa shape index (κ2) is 56.2. The van der Waals surface area contributed by atoms with E-state index in [0.717, 1.165) is 44.9 Å². The predicted octanol–water partition coefficient (Wildman–Crippen LogP) is 18.5. The third kappa shape index (κ3) is 52.0. The van der Waals surface area contributed by atoms with Crippen LogP contribution < -0.4 is 5.32 Å². The molecule has 2 atom stereocenters. The molecule has 0 aromatic heterocycles. The molecule has 0 aromatic rings. The van der Waals surface area contributed by atoms with E-state index in [4.69, 9.17) is 4.74 Å². The SMILES string of the molecule is CCCCCCCCCCCCCCCCCCCC/C=C/C(O)C(CO)NC(=O)CCCCCCCCCCCCCCCCCCCOC(=O)CCCCCCCCCCCCCC. The van der Waals surface area contributed by atoms with Gasteiger partial charge in [0.15, 0.2) is 0 Å². The summed E-state index contributed by atoms with van der Waals surface area (Å²) in [5.74, 6) is -0.0640. The van der Waals surface area contributed by atoms with E-state index < -0.39 is 12.1 Å². The molecule has 392 valence electrons. The van der Waals surface area contributed by atoms with Crippen LogP contribution in [0.3, 0.4) is 0 Å². The minimum atomic E-state index is -0.848. The molecule has 0 radical (unpaired) electrons. The predicted molar refractivity (Wildman–Crippen MR) is 287 cm³/mol. The summed E-state index contributed by atoms with van der Waals surface area (Å²) < 4.78 is 5.47. The number of nitrogens with one attached hydrogen (secondary N) is 1. The van der Waals surface area contributed by atoms with Crippen LogP contribution >= 0.6 is 0 Å². The van der Waals surface area contributed by atoms with Crippen molar-refractivity contribution in [2.45, 2.75) is 347 Å². The van der Waals surface area contributed by atoms with Crippen LogP contribution in [0.5, 0.6) is 0 Å². The molecule has 6 heteroatoms. The van der Waals surface area contributed by atoms with E-state index in [1.807, 2.05) is 6.08 Å². The molecule has 0 spiro atoms. The summed E-state index contributed by atoms with van der Waals surface area (Å²) >= 11 is 0. The van der Waals surface area contributed by atoms with Crippen molar-refractivity contribution in [1.29, 1.82) is 0 Å². The monoisotopic (exact) mass is 932 g/mol. The van der Waals surface area contributed by atoms with Crippen LogP contribution in [0.4, 0.5) is 0 Å². The second-order valence-corrected chi connectivity index (χ2v) is 20.7. The van der Waals surface area contributed by atoms with Gasteiger partial charge in [-0.25, -0.2) is 0 Å². The van der Waals surface area contributed by atoms with Gasteiger partial charge in [0.25, 0.3) is 0 Å². The Bertz CT molecular complexity index is 986. The van der Waals surface area contributed by atoms with Gasteiger partial charge in [-0.2, -0.15) is 0 Å². The highest BCUT2D eigenvalue weighted by Crippen LogP contribution is 2.18. The molecule has 0 aliphatic carbocycles.